The monoisotopic (exact) mass is 253 g/mol. The van der Waals surface area contributed by atoms with Crippen molar-refractivity contribution in [3.63, 3.8) is 0 Å². The van der Waals surface area contributed by atoms with Crippen molar-refractivity contribution in [1.82, 2.24) is 15.2 Å². The maximum Gasteiger partial charge on any atom is 0.0930 e. The Morgan fingerprint density at radius 1 is 1.47 bits per heavy atom. The molecule has 1 aliphatic heterocycles. The molecule has 1 N–H and O–H groups in total. The second-order valence-electron chi connectivity index (χ2n) is 5.02. The molecule has 4 heteroatoms. The van der Waals surface area contributed by atoms with Gasteiger partial charge < -0.3 is 10.2 Å². The van der Waals surface area contributed by atoms with Crippen LogP contribution in [0, 0.1) is 5.92 Å². The summed E-state index contributed by atoms with van der Waals surface area (Å²) in [5.74, 6) is 0.856. The standard InChI is InChI=1S/C13H23N3S/c1-14-6-3-12-10-15-13(17-12)9-11-4-7-16(2)8-5-11/h10-11,14H,3-9H2,1-2H3. The molecule has 0 saturated carbocycles. The van der Waals surface area contributed by atoms with Gasteiger partial charge in [0.1, 0.15) is 0 Å². The van der Waals surface area contributed by atoms with E-state index in [9.17, 15) is 0 Å². The van der Waals surface area contributed by atoms with Gasteiger partial charge in [-0.05, 0) is 58.9 Å². The molecule has 96 valence electrons. The number of thiazole rings is 1. The van der Waals surface area contributed by atoms with Gasteiger partial charge in [-0.15, -0.1) is 11.3 Å². The summed E-state index contributed by atoms with van der Waals surface area (Å²) in [5, 5.41) is 4.52. The van der Waals surface area contributed by atoms with Crippen LogP contribution in [0.4, 0.5) is 0 Å². The Hall–Kier alpha value is -0.450. The first kappa shape index (κ1) is 13.0. The molecule has 0 amide bonds. The van der Waals surface area contributed by atoms with Crippen molar-refractivity contribution in [2.75, 3.05) is 33.7 Å². The van der Waals surface area contributed by atoms with Crippen LogP contribution in [0.5, 0.6) is 0 Å². The lowest BCUT2D eigenvalue weighted by atomic mass is 9.94. The number of hydrogen-bond donors (Lipinski definition) is 1. The Balaban J connectivity index is 1.80. The molecule has 0 aliphatic carbocycles. The highest BCUT2D eigenvalue weighted by molar-refractivity contribution is 7.11. The molecule has 17 heavy (non-hydrogen) atoms. The number of nitrogens with one attached hydrogen (secondary N) is 1. The lowest BCUT2D eigenvalue weighted by molar-refractivity contribution is 0.219. The predicted octanol–water partition coefficient (Wildman–Crippen LogP) is 1.79. The van der Waals surface area contributed by atoms with E-state index in [1.54, 1.807) is 0 Å². The van der Waals surface area contributed by atoms with E-state index in [4.69, 9.17) is 0 Å². The van der Waals surface area contributed by atoms with E-state index in [0.717, 1.165) is 18.9 Å². The van der Waals surface area contributed by atoms with Gasteiger partial charge in [-0.1, -0.05) is 0 Å². The Kier molecular flexibility index (Phi) is 4.95. The molecule has 0 aromatic carbocycles. The Bertz CT molecular complexity index is 329. The second kappa shape index (κ2) is 6.47. The zero-order valence-electron chi connectivity index (χ0n) is 10.9. The SMILES string of the molecule is CNCCc1cnc(CC2CCN(C)CC2)s1. The fourth-order valence-electron chi connectivity index (χ4n) is 2.32. The van der Waals surface area contributed by atoms with Gasteiger partial charge in [0.25, 0.3) is 0 Å². The third kappa shape index (κ3) is 4.05. The van der Waals surface area contributed by atoms with Crippen LogP contribution in [-0.2, 0) is 12.8 Å². The van der Waals surface area contributed by atoms with Gasteiger partial charge in [0, 0.05) is 17.5 Å². The van der Waals surface area contributed by atoms with Crippen LogP contribution in [-0.4, -0.2) is 43.6 Å². The number of hydrogen-bond acceptors (Lipinski definition) is 4. The van der Waals surface area contributed by atoms with E-state index in [0.29, 0.717) is 0 Å². The number of rotatable bonds is 5. The van der Waals surface area contributed by atoms with Crippen LogP contribution in [0.25, 0.3) is 0 Å². The molecule has 0 bridgehead atoms. The molecule has 1 aromatic heterocycles. The molecule has 0 unspecified atom stereocenters. The average molecular weight is 253 g/mol. The first-order valence-corrected chi connectivity index (χ1v) is 7.36. The van der Waals surface area contributed by atoms with E-state index in [1.807, 2.05) is 18.4 Å². The normalized spacial score (nSPS) is 18.7. The number of likely N-dealkylation sites (N-methyl/N-ethyl adjacent to an activating group) is 1. The van der Waals surface area contributed by atoms with E-state index >= 15 is 0 Å². The molecular formula is C13H23N3S. The zero-order valence-corrected chi connectivity index (χ0v) is 11.7. The summed E-state index contributed by atoms with van der Waals surface area (Å²) >= 11 is 1.90. The maximum absolute atomic E-state index is 4.56. The topological polar surface area (TPSA) is 28.2 Å². The minimum absolute atomic E-state index is 0.856. The van der Waals surface area contributed by atoms with Gasteiger partial charge in [-0.2, -0.15) is 0 Å². The first-order valence-electron chi connectivity index (χ1n) is 6.54. The third-order valence-electron chi connectivity index (χ3n) is 3.52. The Morgan fingerprint density at radius 3 is 2.94 bits per heavy atom. The van der Waals surface area contributed by atoms with Gasteiger partial charge in [0.05, 0.1) is 5.01 Å². The van der Waals surface area contributed by atoms with E-state index < -0.39 is 0 Å². The Labute approximate surface area is 108 Å². The molecule has 2 heterocycles. The fraction of sp³-hybridized carbons (Fsp3) is 0.769. The number of nitrogens with zero attached hydrogens (tertiary/aromatic N) is 2. The summed E-state index contributed by atoms with van der Waals surface area (Å²) in [6, 6.07) is 0. The molecule has 1 saturated heterocycles. The molecule has 2 rings (SSSR count). The van der Waals surface area contributed by atoms with E-state index in [1.165, 1.54) is 42.2 Å². The van der Waals surface area contributed by atoms with Crippen LogP contribution in [0.1, 0.15) is 22.7 Å². The van der Waals surface area contributed by atoms with Gasteiger partial charge in [0.15, 0.2) is 0 Å². The number of likely N-dealkylation sites (tertiary alicyclic amines) is 1. The predicted molar refractivity (Wildman–Crippen MR) is 73.7 cm³/mol. The molecule has 1 aromatic rings. The average Bonchev–Trinajstić information content (AvgIpc) is 2.77. The third-order valence-corrected chi connectivity index (χ3v) is 4.60. The van der Waals surface area contributed by atoms with Crippen LogP contribution < -0.4 is 5.32 Å². The highest BCUT2D eigenvalue weighted by Crippen LogP contribution is 2.23. The van der Waals surface area contributed by atoms with Crippen LogP contribution in [0.2, 0.25) is 0 Å². The summed E-state index contributed by atoms with van der Waals surface area (Å²) in [5.41, 5.74) is 0. The quantitative estimate of drug-likeness (QED) is 0.867. The molecular weight excluding hydrogens is 230 g/mol. The van der Waals surface area contributed by atoms with E-state index in [-0.39, 0.29) is 0 Å². The molecule has 0 radical (unpaired) electrons. The van der Waals surface area contributed by atoms with Crippen molar-refractivity contribution < 1.29 is 0 Å². The second-order valence-corrected chi connectivity index (χ2v) is 6.22. The van der Waals surface area contributed by atoms with Gasteiger partial charge in [-0.3, -0.25) is 0 Å². The van der Waals surface area contributed by atoms with Gasteiger partial charge >= 0.3 is 0 Å². The van der Waals surface area contributed by atoms with Crippen molar-refractivity contribution >= 4 is 11.3 Å². The van der Waals surface area contributed by atoms with Crippen molar-refractivity contribution in [3.05, 3.63) is 16.1 Å². The van der Waals surface area contributed by atoms with Crippen LogP contribution in [0.3, 0.4) is 0 Å². The Morgan fingerprint density at radius 2 is 2.24 bits per heavy atom. The van der Waals surface area contributed by atoms with Crippen LogP contribution in [0.15, 0.2) is 6.20 Å². The number of piperidine rings is 1. The van der Waals surface area contributed by atoms with Crippen LogP contribution >= 0.6 is 11.3 Å². The summed E-state index contributed by atoms with van der Waals surface area (Å²) < 4.78 is 0. The first-order chi connectivity index (χ1) is 8.28. The summed E-state index contributed by atoms with van der Waals surface area (Å²) in [6.07, 6.45) is 7.04. The summed E-state index contributed by atoms with van der Waals surface area (Å²) in [6.45, 7) is 3.56. The molecule has 1 aliphatic rings. The van der Waals surface area contributed by atoms with Crippen molar-refractivity contribution in [2.45, 2.75) is 25.7 Å². The lowest BCUT2D eigenvalue weighted by Gasteiger charge is -2.28. The van der Waals surface area contributed by atoms with Crippen molar-refractivity contribution in [2.24, 2.45) is 5.92 Å². The highest BCUT2D eigenvalue weighted by atomic mass is 32.1. The van der Waals surface area contributed by atoms with Gasteiger partial charge in [-0.25, -0.2) is 4.98 Å². The van der Waals surface area contributed by atoms with E-state index in [2.05, 4.69) is 28.4 Å². The molecule has 0 spiro atoms. The molecule has 0 atom stereocenters. The minimum atomic E-state index is 0.856. The summed E-state index contributed by atoms with van der Waals surface area (Å²) in [4.78, 5) is 8.41. The fourth-order valence-corrected chi connectivity index (χ4v) is 3.36. The smallest absolute Gasteiger partial charge is 0.0930 e. The minimum Gasteiger partial charge on any atom is -0.319 e. The maximum atomic E-state index is 4.56. The zero-order chi connectivity index (χ0) is 12.1. The largest absolute Gasteiger partial charge is 0.319 e. The van der Waals surface area contributed by atoms with Crippen molar-refractivity contribution in [3.8, 4) is 0 Å². The summed E-state index contributed by atoms with van der Waals surface area (Å²) in [7, 11) is 4.22. The van der Waals surface area contributed by atoms with Gasteiger partial charge in [0.2, 0.25) is 0 Å². The molecule has 1 fully saturated rings. The highest BCUT2D eigenvalue weighted by Gasteiger charge is 2.18. The molecule has 3 nitrogen and oxygen atoms in total. The lowest BCUT2D eigenvalue weighted by Crippen LogP contribution is -2.30. The van der Waals surface area contributed by atoms with Crippen molar-refractivity contribution in [1.29, 1.82) is 0 Å². The number of aromatic nitrogens is 1.